The number of para-hydroxylation sites is 1. The number of benzene rings is 2. The average Bonchev–Trinajstić information content (AvgIpc) is 2.62. The Morgan fingerprint density at radius 3 is 2.46 bits per heavy atom. The fourth-order valence-corrected chi connectivity index (χ4v) is 2.95. The van der Waals surface area contributed by atoms with Crippen LogP contribution in [0.3, 0.4) is 0 Å². The molecule has 0 atom stereocenters. The molecule has 0 aromatic heterocycles. The van der Waals surface area contributed by atoms with Crippen molar-refractivity contribution in [3.63, 3.8) is 0 Å². The van der Waals surface area contributed by atoms with Crippen LogP contribution in [0.25, 0.3) is 0 Å². The van der Waals surface area contributed by atoms with E-state index in [-0.39, 0.29) is 5.91 Å². The second kappa shape index (κ2) is 9.82. The van der Waals surface area contributed by atoms with Crippen molar-refractivity contribution in [1.29, 1.82) is 0 Å². The van der Waals surface area contributed by atoms with Gasteiger partial charge >= 0.3 is 0 Å². The number of hydrogen-bond donors (Lipinski definition) is 1. The van der Waals surface area contributed by atoms with Crippen molar-refractivity contribution in [2.24, 2.45) is 0 Å². The zero-order chi connectivity index (χ0) is 18.9. The van der Waals surface area contributed by atoms with Crippen molar-refractivity contribution in [2.75, 3.05) is 34.4 Å². The predicted octanol–water partition coefficient (Wildman–Crippen LogP) is 2.80. The molecule has 2 rings (SSSR count). The van der Waals surface area contributed by atoms with E-state index in [1.54, 1.807) is 14.2 Å². The SMILES string of the molecule is COc1cccc(CN(C)CC(=O)NCCc2ccccc2C)c1OC. The van der Waals surface area contributed by atoms with Crippen LogP contribution in [-0.2, 0) is 17.8 Å². The van der Waals surface area contributed by atoms with Crippen LogP contribution >= 0.6 is 0 Å². The van der Waals surface area contributed by atoms with E-state index in [1.807, 2.05) is 42.3 Å². The van der Waals surface area contributed by atoms with E-state index in [0.29, 0.717) is 31.1 Å². The normalized spacial score (nSPS) is 10.7. The highest BCUT2D eigenvalue weighted by atomic mass is 16.5. The van der Waals surface area contributed by atoms with Crippen LogP contribution in [-0.4, -0.2) is 45.2 Å². The number of nitrogens with one attached hydrogen (secondary N) is 1. The van der Waals surface area contributed by atoms with E-state index in [1.165, 1.54) is 11.1 Å². The molecule has 0 heterocycles. The van der Waals surface area contributed by atoms with Gasteiger partial charge in [-0.2, -0.15) is 0 Å². The van der Waals surface area contributed by atoms with Crippen LogP contribution in [0.5, 0.6) is 11.5 Å². The molecule has 26 heavy (non-hydrogen) atoms. The van der Waals surface area contributed by atoms with Gasteiger partial charge in [-0.25, -0.2) is 0 Å². The van der Waals surface area contributed by atoms with Gasteiger partial charge in [0.1, 0.15) is 0 Å². The summed E-state index contributed by atoms with van der Waals surface area (Å²) in [7, 11) is 5.16. The monoisotopic (exact) mass is 356 g/mol. The Balaban J connectivity index is 1.83. The maximum Gasteiger partial charge on any atom is 0.234 e. The lowest BCUT2D eigenvalue weighted by atomic mass is 10.1. The summed E-state index contributed by atoms with van der Waals surface area (Å²) in [5.74, 6) is 1.42. The standard InChI is InChI=1S/C21H28N2O3/c1-16-8-5-6-9-17(16)12-13-22-20(24)15-23(2)14-18-10-7-11-19(25-3)21(18)26-4/h5-11H,12-15H2,1-4H3,(H,22,24). The first-order chi connectivity index (χ1) is 12.5. The Hall–Kier alpha value is -2.53. The number of rotatable bonds is 9. The van der Waals surface area contributed by atoms with Gasteiger partial charge in [-0.05, 0) is 37.6 Å². The predicted molar refractivity (Wildman–Crippen MR) is 104 cm³/mol. The largest absolute Gasteiger partial charge is 0.493 e. The van der Waals surface area contributed by atoms with Gasteiger partial charge in [0.05, 0.1) is 20.8 Å². The molecule has 0 aliphatic heterocycles. The van der Waals surface area contributed by atoms with Crippen LogP contribution in [0.2, 0.25) is 0 Å². The Labute approximate surface area is 155 Å². The number of likely N-dealkylation sites (N-methyl/N-ethyl adjacent to an activating group) is 1. The Kier molecular flexibility index (Phi) is 7.48. The zero-order valence-corrected chi connectivity index (χ0v) is 16.0. The molecular formula is C21H28N2O3. The van der Waals surface area contributed by atoms with E-state index in [2.05, 4.69) is 24.4 Å². The molecule has 0 bridgehead atoms. The third-order valence-corrected chi connectivity index (χ3v) is 4.32. The van der Waals surface area contributed by atoms with Crippen LogP contribution in [0.15, 0.2) is 42.5 Å². The Morgan fingerprint density at radius 1 is 1.04 bits per heavy atom. The van der Waals surface area contributed by atoms with Gasteiger partial charge in [0, 0.05) is 18.7 Å². The summed E-state index contributed by atoms with van der Waals surface area (Å²) in [6.45, 7) is 3.66. The van der Waals surface area contributed by atoms with Gasteiger partial charge in [0.25, 0.3) is 0 Å². The quantitative estimate of drug-likeness (QED) is 0.751. The smallest absolute Gasteiger partial charge is 0.234 e. The minimum Gasteiger partial charge on any atom is -0.493 e. The molecule has 0 spiro atoms. The number of ether oxygens (including phenoxy) is 2. The van der Waals surface area contributed by atoms with Crippen LogP contribution in [0.1, 0.15) is 16.7 Å². The molecule has 140 valence electrons. The lowest BCUT2D eigenvalue weighted by Crippen LogP contribution is -2.35. The van der Waals surface area contributed by atoms with Crippen molar-refractivity contribution in [1.82, 2.24) is 10.2 Å². The zero-order valence-electron chi connectivity index (χ0n) is 16.0. The Bertz CT molecular complexity index is 731. The fraction of sp³-hybridized carbons (Fsp3) is 0.381. The molecule has 5 heteroatoms. The molecule has 0 radical (unpaired) electrons. The van der Waals surface area contributed by atoms with E-state index < -0.39 is 0 Å². The molecule has 0 saturated carbocycles. The minimum atomic E-state index is 0.0166. The molecule has 1 N–H and O–H groups in total. The molecule has 0 unspecified atom stereocenters. The minimum absolute atomic E-state index is 0.0166. The maximum absolute atomic E-state index is 12.2. The third kappa shape index (κ3) is 5.49. The van der Waals surface area contributed by atoms with Crippen LogP contribution in [0.4, 0.5) is 0 Å². The van der Waals surface area contributed by atoms with Crippen molar-refractivity contribution in [3.8, 4) is 11.5 Å². The van der Waals surface area contributed by atoms with Gasteiger partial charge in [-0.3, -0.25) is 9.69 Å². The molecular weight excluding hydrogens is 328 g/mol. The molecule has 2 aromatic carbocycles. The average molecular weight is 356 g/mol. The van der Waals surface area contributed by atoms with Gasteiger partial charge in [0.2, 0.25) is 5.91 Å². The maximum atomic E-state index is 12.2. The highest BCUT2D eigenvalue weighted by Crippen LogP contribution is 2.31. The molecule has 5 nitrogen and oxygen atoms in total. The molecule has 2 aromatic rings. The molecule has 0 fully saturated rings. The topological polar surface area (TPSA) is 50.8 Å². The van der Waals surface area contributed by atoms with Gasteiger partial charge in [-0.15, -0.1) is 0 Å². The second-order valence-corrected chi connectivity index (χ2v) is 6.35. The second-order valence-electron chi connectivity index (χ2n) is 6.35. The summed E-state index contributed by atoms with van der Waals surface area (Å²) in [6.07, 6.45) is 0.839. The first-order valence-corrected chi connectivity index (χ1v) is 8.74. The number of carbonyl (C=O) groups excluding carboxylic acids is 1. The van der Waals surface area contributed by atoms with Gasteiger partial charge in [0.15, 0.2) is 11.5 Å². The third-order valence-electron chi connectivity index (χ3n) is 4.32. The van der Waals surface area contributed by atoms with E-state index in [9.17, 15) is 4.79 Å². The highest BCUT2D eigenvalue weighted by molar-refractivity contribution is 5.78. The molecule has 0 aliphatic rings. The van der Waals surface area contributed by atoms with E-state index >= 15 is 0 Å². The lowest BCUT2D eigenvalue weighted by molar-refractivity contribution is -0.122. The molecule has 0 saturated heterocycles. The van der Waals surface area contributed by atoms with Crippen molar-refractivity contribution in [3.05, 3.63) is 59.2 Å². The van der Waals surface area contributed by atoms with Crippen LogP contribution < -0.4 is 14.8 Å². The number of amides is 1. The first kappa shape index (κ1) is 19.8. The lowest BCUT2D eigenvalue weighted by Gasteiger charge is -2.19. The Morgan fingerprint density at radius 2 is 1.77 bits per heavy atom. The summed E-state index contributed by atoms with van der Waals surface area (Å²) in [5, 5.41) is 2.99. The first-order valence-electron chi connectivity index (χ1n) is 8.74. The summed E-state index contributed by atoms with van der Waals surface area (Å²) in [6, 6.07) is 14.0. The number of nitrogens with zero attached hydrogens (tertiary/aromatic N) is 1. The van der Waals surface area contributed by atoms with Gasteiger partial charge < -0.3 is 14.8 Å². The van der Waals surface area contributed by atoms with E-state index in [0.717, 1.165) is 12.0 Å². The van der Waals surface area contributed by atoms with Gasteiger partial charge in [-0.1, -0.05) is 36.4 Å². The summed E-state index contributed by atoms with van der Waals surface area (Å²) in [4.78, 5) is 14.1. The van der Waals surface area contributed by atoms with Crippen molar-refractivity contribution >= 4 is 5.91 Å². The summed E-state index contributed by atoms with van der Waals surface area (Å²) in [5.41, 5.74) is 3.51. The number of carbonyl (C=O) groups is 1. The number of aryl methyl sites for hydroxylation is 1. The highest BCUT2D eigenvalue weighted by Gasteiger charge is 2.13. The number of hydrogen-bond acceptors (Lipinski definition) is 4. The summed E-state index contributed by atoms with van der Waals surface area (Å²) < 4.78 is 10.8. The van der Waals surface area contributed by atoms with E-state index in [4.69, 9.17) is 9.47 Å². The fourth-order valence-electron chi connectivity index (χ4n) is 2.95. The number of methoxy groups -OCH3 is 2. The molecule has 1 amide bonds. The van der Waals surface area contributed by atoms with Crippen LogP contribution in [0, 0.1) is 6.92 Å². The summed E-state index contributed by atoms with van der Waals surface area (Å²) >= 11 is 0. The van der Waals surface area contributed by atoms with Crippen molar-refractivity contribution in [2.45, 2.75) is 19.9 Å². The molecule has 0 aliphatic carbocycles. The van der Waals surface area contributed by atoms with Crippen molar-refractivity contribution < 1.29 is 14.3 Å².